The van der Waals surface area contributed by atoms with Gasteiger partial charge < -0.3 is 10.4 Å². The molecule has 14 heavy (non-hydrogen) atoms. The van der Waals surface area contributed by atoms with Crippen LogP contribution >= 0.6 is 0 Å². The van der Waals surface area contributed by atoms with E-state index in [0.717, 1.165) is 12.3 Å². The second-order valence-electron chi connectivity index (χ2n) is 2.53. The molecule has 0 unspecified atom stereocenters. The molecule has 1 aromatic heterocycles. The number of halogens is 2. The number of rotatable bonds is 3. The summed E-state index contributed by atoms with van der Waals surface area (Å²) >= 11 is 0. The van der Waals surface area contributed by atoms with Crippen LogP contribution in [0.25, 0.3) is 0 Å². The normalized spacial score (nSPS) is 10.2. The summed E-state index contributed by atoms with van der Waals surface area (Å²) in [6.07, 6.45) is -0.269. The molecular formula is C8H8F2N2O2. The molecule has 1 rings (SSSR count). The average molecular weight is 202 g/mol. The zero-order valence-electron chi connectivity index (χ0n) is 7.08. The van der Waals surface area contributed by atoms with Crippen LogP contribution < -0.4 is 5.32 Å². The van der Waals surface area contributed by atoms with Gasteiger partial charge in [0.2, 0.25) is 0 Å². The molecule has 0 aromatic carbocycles. The summed E-state index contributed by atoms with van der Waals surface area (Å²) in [6, 6.07) is 1.15. The van der Waals surface area contributed by atoms with Gasteiger partial charge in [0.1, 0.15) is 5.75 Å². The number of nitrogens with one attached hydrogen (secondary N) is 1. The van der Waals surface area contributed by atoms with Crippen molar-refractivity contribution in [3.05, 3.63) is 24.0 Å². The average Bonchev–Trinajstić information content (AvgIpc) is 2.14. The topological polar surface area (TPSA) is 62.2 Å². The van der Waals surface area contributed by atoms with Gasteiger partial charge in [-0.25, -0.2) is 8.78 Å². The zero-order valence-corrected chi connectivity index (χ0v) is 7.08. The lowest BCUT2D eigenvalue weighted by Crippen LogP contribution is -2.28. The van der Waals surface area contributed by atoms with Gasteiger partial charge in [0.25, 0.3) is 12.3 Å². The maximum absolute atomic E-state index is 11.7. The maximum atomic E-state index is 11.7. The van der Waals surface area contributed by atoms with E-state index in [1.54, 1.807) is 0 Å². The highest BCUT2D eigenvalue weighted by Crippen LogP contribution is 2.08. The van der Waals surface area contributed by atoms with E-state index in [2.05, 4.69) is 4.98 Å². The van der Waals surface area contributed by atoms with Crippen molar-refractivity contribution in [1.82, 2.24) is 10.3 Å². The Kier molecular flexibility index (Phi) is 3.33. The van der Waals surface area contributed by atoms with Crippen molar-refractivity contribution in [1.29, 1.82) is 0 Å². The molecule has 2 N–H and O–H groups in total. The fraction of sp³-hybridized carbons (Fsp3) is 0.250. The smallest absolute Gasteiger partial charge is 0.255 e. The summed E-state index contributed by atoms with van der Waals surface area (Å²) in [7, 11) is 0. The Morgan fingerprint density at radius 3 is 2.86 bits per heavy atom. The third-order valence-corrected chi connectivity index (χ3v) is 1.40. The molecule has 0 aliphatic rings. The molecular weight excluding hydrogens is 194 g/mol. The molecule has 0 bridgehead atoms. The number of aromatic hydroxyl groups is 1. The molecule has 4 nitrogen and oxygen atoms in total. The quantitative estimate of drug-likeness (QED) is 0.761. The minimum Gasteiger partial charge on any atom is -0.506 e. The van der Waals surface area contributed by atoms with Crippen LogP contribution in [-0.2, 0) is 0 Å². The standard InChI is InChI=1S/C8H8F2N2O2/c9-7(10)4-12-8(14)5-1-6(13)3-11-2-5/h1-3,7,13H,4H2,(H,12,14). The first-order chi connectivity index (χ1) is 6.59. The van der Waals surface area contributed by atoms with Gasteiger partial charge in [0, 0.05) is 6.20 Å². The van der Waals surface area contributed by atoms with Crippen LogP contribution in [0.3, 0.4) is 0 Å². The lowest BCUT2D eigenvalue weighted by Gasteiger charge is -2.03. The maximum Gasteiger partial charge on any atom is 0.255 e. The Balaban J connectivity index is 2.61. The Morgan fingerprint density at radius 2 is 2.29 bits per heavy atom. The number of nitrogens with zero attached hydrogens (tertiary/aromatic N) is 1. The molecule has 76 valence electrons. The molecule has 1 heterocycles. The summed E-state index contributed by atoms with van der Waals surface area (Å²) in [5.41, 5.74) is 0.0469. The minimum absolute atomic E-state index is 0.0469. The van der Waals surface area contributed by atoms with Crippen molar-refractivity contribution in [3.8, 4) is 5.75 Å². The van der Waals surface area contributed by atoms with E-state index in [1.165, 1.54) is 6.20 Å². The Morgan fingerprint density at radius 1 is 1.57 bits per heavy atom. The van der Waals surface area contributed by atoms with E-state index in [4.69, 9.17) is 5.11 Å². The van der Waals surface area contributed by atoms with Crippen molar-refractivity contribution in [2.75, 3.05) is 6.54 Å². The van der Waals surface area contributed by atoms with E-state index in [9.17, 15) is 13.6 Å². The van der Waals surface area contributed by atoms with Crippen molar-refractivity contribution in [3.63, 3.8) is 0 Å². The third kappa shape index (κ3) is 2.96. The van der Waals surface area contributed by atoms with Crippen LogP contribution in [-0.4, -0.2) is 29.0 Å². The molecule has 6 heteroatoms. The highest BCUT2D eigenvalue weighted by molar-refractivity contribution is 5.94. The van der Waals surface area contributed by atoms with Crippen LogP contribution in [0.2, 0.25) is 0 Å². The van der Waals surface area contributed by atoms with Gasteiger partial charge in [0.05, 0.1) is 18.3 Å². The predicted molar refractivity (Wildman–Crippen MR) is 44.2 cm³/mol. The Hall–Kier alpha value is -1.72. The predicted octanol–water partition coefficient (Wildman–Crippen LogP) is 0.782. The minimum atomic E-state index is -2.59. The van der Waals surface area contributed by atoms with Gasteiger partial charge in [-0.05, 0) is 6.07 Å². The highest BCUT2D eigenvalue weighted by Gasteiger charge is 2.09. The number of carbonyl (C=O) groups excluding carboxylic acids is 1. The second-order valence-corrected chi connectivity index (χ2v) is 2.53. The molecule has 0 aliphatic heterocycles. The largest absolute Gasteiger partial charge is 0.506 e. The van der Waals surface area contributed by atoms with Gasteiger partial charge in [-0.2, -0.15) is 0 Å². The molecule has 0 saturated carbocycles. The summed E-state index contributed by atoms with van der Waals surface area (Å²) in [5, 5.41) is 10.9. The van der Waals surface area contributed by atoms with Crippen LogP contribution in [0, 0.1) is 0 Å². The van der Waals surface area contributed by atoms with Crippen molar-refractivity contribution >= 4 is 5.91 Å². The summed E-state index contributed by atoms with van der Waals surface area (Å²) in [5.74, 6) is -0.872. The Labute approximate surface area is 78.6 Å². The van der Waals surface area contributed by atoms with E-state index in [-0.39, 0.29) is 11.3 Å². The van der Waals surface area contributed by atoms with Gasteiger partial charge >= 0.3 is 0 Å². The number of alkyl halides is 2. The molecule has 0 spiro atoms. The van der Waals surface area contributed by atoms with Gasteiger partial charge in [-0.3, -0.25) is 9.78 Å². The van der Waals surface area contributed by atoms with E-state index in [0.29, 0.717) is 0 Å². The fourth-order valence-electron chi connectivity index (χ4n) is 0.824. The first kappa shape index (κ1) is 10.4. The first-order valence-corrected chi connectivity index (χ1v) is 3.80. The van der Waals surface area contributed by atoms with Crippen molar-refractivity contribution in [2.24, 2.45) is 0 Å². The lowest BCUT2D eigenvalue weighted by atomic mass is 10.2. The van der Waals surface area contributed by atoms with Crippen LogP contribution in [0.4, 0.5) is 8.78 Å². The zero-order chi connectivity index (χ0) is 10.6. The summed E-state index contributed by atoms with van der Waals surface area (Å²) in [6.45, 7) is -0.714. The number of pyridine rings is 1. The summed E-state index contributed by atoms with van der Waals surface area (Å²) in [4.78, 5) is 14.6. The molecule has 0 aliphatic carbocycles. The molecule has 0 radical (unpaired) electrons. The summed E-state index contributed by atoms with van der Waals surface area (Å²) < 4.78 is 23.4. The third-order valence-electron chi connectivity index (χ3n) is 1.40. The molecule has 0 saturated heterocycles. The molecule has 1 amide bonds. The Bertz CT molecular complexity index is 331. The number of hydrogen-bond acceptors (Lipinski definition) is 3. The number of aromatic nitrogens is 1. The van der Waals surface area contributed by atoms with Gasteiger partial charge in [-0.1, -0.05) is 0 Å². The highest BCUT2D eigenvalue weighted by atomic mass is 19.3. The number of carbonyl (C=O) groups is 1. The van der Waals surface area contributed by atoms with Gasteiger partial charge in [-0.15, -0.1) is 0 Å². The fourth-order valence-corrected chi connectivity index (χ4v) is 0.824. The van der Waals surface area contributed by atoms with E-state index < -0.39 is 18.9 Å². The number of hydrogen-bond donors (Lipinski definition) is 2. The monoisotopic (exact) mass is 202 g/mol. The first-order valence-electron chi connectivity index (χ1n) is 3.80. The van der Waals surface area contributed by atoms with E-state index >= 15 is 0 Å². The molecule has 0 fully saturated rings. The van der Waals surface area contributed by atoms with Crippen LogP contribution in [0.1, 0.15) is 10.4 Å². The van der Waals surface area contributed by atoms with Gasteiger partial charge in [0.15, 0.2) is 0 Å². The SMILES string of the molecule is O=C(NCC(F)F)c1cncc(O)c1. The van der Waals surface area contributed by atoms with Crippen molar-refractivity contribution in [2.45, 2.75) is 6.43 Å². The molecule has 1 aromatic rings. The van der Waals surface area contributed by atoms with E-state index in [1.807, 2.05) is 5.32 Å². The molecule has 0 atom stereocenters. The second kappa shape index (κ2) is 4.50. The lowest BCUT2D eigenvalue weighted by molar-refractivity contribution is 0.0891. The van der Waals surface area contributed by atoms with Crippen LogP contribution in [0.15, 0.2) is 18.5 Å². The van der Waals surface area contributed by atoms with Crippen LogP contribution in [0.5, 0.6) is 5.75 Å². The number of amides is 1. The van der Waals surface area contributed by atoms with Crippen molar-refractivity contribution < 1.29 is 18.7 Å².